The van der Waals surface area contributed by atoms with Gasteiger partial charge in [0.25, 0.3) is 0 Å². The molecule has 3 heterocycles. The number of alkyl halides is 3. The zero-order chi connectivity index (χ0) is 20.3. The Bertz CT molecular complexity index is 892. The highest BCUT2D eigenvalue weighted by Crippen LogP contribution is 2.32. The van der Waals surface area contributed by atoms with E-state index in [4.69, 9.17) is 0 Å². The van der Waals surface area contributed by atoms with E-state index in [1.807, 2.05) is 0 Å². The smallest absolute Gasteiger partial charge is 0.341 e. The molecule has 0 saturated carbocycles. The molecule has 0 bridgehead atoms. The number of benzene rings is 1. The maximum absolute atomic E-state index is 12.9. The zero-order valence-corrected chi connectivity index (χ0v) is 16.3. The standard InChI is InChI=1S/C20H20F3N5S/c21-20(22,23)15-4-2-14(3-5-15)18(17-12-24-13-29-17)27-16-6-10-28(11-7-16)19-25-8-1-9-26-19/h1-5,8-9,12-13,16,18,27H,6-7,10-11H2. The zero-order valence-electron chi connectivity index (χ0n) is 15.5. The number of hydrogen-bond donors (Lipinski definition) is 1. The van der Waals surface area contributed by atoms with Gasteiger partial charge in [-0.05, 0) is 36.6 Å². The van der Waals surface area contributed by atoms with Gasteiger partial charge in [0.05, 0.1) is 17.1 Å². The summed E-state index contributed by atoms with van der Waals surface area (Å²) in [7, 11) is 0. The third-order valence-electron chi connectivity index (χ3n) is 5.04. The number of hydrogen-bond acceptors (Lipinski definition) is 6. The Hall–Kier alpha value is -2.52. The number of anilines is 1. The molecule has 2 aromatic heterocycles. The minimum atomic E-state index is -4.34. The van der Waals surface area contributed by atoms with Crippen molar-refractivity contribution in [2.45, 2.75) is 31.1 Å². The Balaban J connectivity index is 1.46. The predicted molar refractivity (Wildman–Crippen MR) is 106 cm³/mol. The van der Waals surface area contributed by atoms with Crippen molar-refractivity contribution in [3.8, 4) is 0 Å². The van der Waals surface area contributed by atoms with Crippen LogP contribution in [0.15, 0.2) is 54.4 Å². The number of thiazole rings is 1. The van der Waals surface area contributed by atoms with E-state index < -0.39 is 11.7 Å². The molecule has 5 nitrogen and oxygen atoms in total. The van der Waals surface area contributed by atoms with Gasteiger partial charge in [-0.2, -0.15) is 13.2 Å². The number of rotatable bonds is 5. The highest BCUT2D eigenvalue weighted by atomic mass is 32.1. The molecule has 1 aliphatic rings. The van der Waals surface area contributed by atoms with Gasteiger partial charge in [0.2, 0.25) is 5.95 Å². The lowest BCUT2D eigenvalue weighted by Crippen LogP contribution is -2.44. The highest BCUT2D eigenvalue weighted by molar-refractivity contribution is 7.09. The average molecular weight is 419 g/mol. The molecule has 1 fully saturated rings. The number of nitrogens with one attached hydrogen (secondary N) is 1. The van der Waals surface area contributed by atoms with Crippen molar-refractivity contribution >= 4 is 17.3 Å². The van der Waals surface area contributed by atoms with E-state index in [0.29, 0.717) is 0 Å². The van der Waals surface area contributed by atoms with Crippen molar-refractivity contribution in [2.24, 2.45) is 0 Å². The Morgan fingerprint density at radius 3 is 2.34 bits per heavy atom. The molecule has 9 heteroatoms. The van der Waals surface area contributed by atoms with Crippen molar-refractivity contribution in [1.82, 2.24) is 20.3 Å². The highest BCUT2D eigenvalue weighted by Gasteiger charge is 2.31. The molecule has 4 rings (SSSR count). The lowest BCUT2D eigenvalue weighted by Gasteiger charge is -2.34. The Morgan fingerprint density at radius 1 is 1.07 bits per heavy atom. The SMILES string of the molecule is FC(F)(F)c1ccc(C(NC2CCN(c3ncccn3)CC2)c2cncs2)cc1. The quantitative estimate of drug-likeness (QED) is 0.668. The van der Waals surface area contributed by atoms with Gasteiger partial charge >= 0.3 is 6.18 Å². The summed E-state index contributed by atoms with van der Waals surface area (Å²) in [5.74, 6) is 0.729. The number of nitrogens with zero attached hydrogens (tertiary/aromatic N) is 4. The number of halogens is 3. The molecule has 152 valence electrons. The van der Waals surface area contributed by atoms with Crippen LogP contribution in [0.4, 0.5) is 19.1 Å². The van der Waals surface area contributed by atoms with Gasteiger partial charge in [-0.3, -0.25) is 4.98 Å². The van der Waals surface area contributed by atoms with E-state index >= 15 is 0 Å². The second-order valence-electron chi connectivity index (χ2n) is 6.93. The summed E-state index contributed by atoms with van der Waals surface area (Å²) in [5.41, 5.74) is 1.90. The molecule has 3 aromatic rings. The second-order valence-corrected chi connectivity index (χ2v) is 7.85. The first-order chi connectivity index (χ1) is 14.0. The van der Waals surface area contributed by atoms with Gasteiger partial charge in [0.15, 0.2) is 0 Å². The first-order valence-corrected chi connectivity index (χ1v) is 10.2. The van der Waals surface area contributed by atoms with E-state index in [1.54, 1.807) is 42.3 Å². The summed E-state index contributed by atoms with van der Waals surface area (Å²) in [6, 6.07) is 7.22. The fraction of sp³-hybridized carbons (Fsp3) is 0.350. The number of piperidine rings is 1. The largest absolute Gasteiger partial charge is 0.416 e. The van der Waals surface area contributed by atoms with E-state index in [9.17, 15) is 13.2 Å². The monoisotopic (exact) mass is 419 g/mol. The molecule has 0 aliphatic carbocycles. The van der Waals surface area contributed by atoms with Crippen molar-refractivity contribution in [2.75, 3.05) is 18.0 Å². The predicted octanol–water partition coefficient (Wildman–Crippen LogP) is 4.30. The van der Waals surface area contributed by atoms with Crippen LogP contribution in [0, 0.1) is 0 Å². The minimum absolute atomic E-state index is 0.186. The van der Waals surface area contributed by atoms with Crippen molar-refractivity contribution < 1.29 is 13.2 Å². The summed E-state index contributed by atoms with van der Waals surface area (Å²) >= 11 is 1.50. The van der Waals surface area contributed by atoms with Crippen LogP contribution in [-0.2, 0) is 6.18 Å². The van der Waals surface area contributed by atoms with Crippen molar-refractivity contribution in [3.05, 3.63) is 70.4 Å². The molecule has 1 saturated heterocycles. The maximum Gasteiger partial charge on any atom is 0.416 e. The number of aromatic nitrogens is 3. The third kappa shape index (κ3) is 4.73. The van der Waals surface area contributed by atoms with Crippen LogP contribution in [0.25, 0.3) is 0 Å². The third-order valence-corrected chi connectivity index (χ3v) is 5.88. The fourth-order valence-electron chi connectivity index (χ4n) is 3.51. The normalized spacial score (nSPS) is 16.7. The molecular formula is C20H20F3N5S. The first kappa shape index (κ1) is 19.8. The summed E-state index contributed by atoms with van der Waals surface area (Å²) < 4.78 is 38.7. The Morgan fingerprint density at radius 2 is 1.76 bits per heavy atom. The lowest BCUT2D eigenvalue weighted by atomic mass is 9.99. The first-order valence-electron chi connectivity index (χ1n) is 9.34. The summed E-state index contributed by atoms with van der Waals surface area (Å²) in [6.07, 6.45) is 2.70. The van der Waals surface area contributed by atoms with Crippen molar-refractivity contribution in [3.63, 3.8) is 0 Å². The van der Waals surface area contributed by atoms with E-state index in [0.717, 1.165) is 54.5 Å². The van der Waals surface area contributed by atoms with Crippen LogP contribution < -0.4 is 10.2 Å². The molecule has 1 unspecified atom stereocenters. The Labute approximate surface area is 170 Å². The van der Waals surface area contributed by atoms with Gasteiger partial charge in [-0.15, -0.1) is 11.3 Å². The van der Waals surface area contributed by atoms with E-state index in [-0.39, 0.29) is 12.1 Å². The molecule has 0 radical (unpaired) electrons. The van der Waals surface area contributed by atoms with Crippen LogP contribution >= 0.6 is 11.3 Å². The van der Waals surface area contributed by atoms with Gasteiger partial charge in [0.1, 0.15) is 0 Å². The molecule has 1 aliphatic heterocycles. The summed E-state index contributed by atoms with van der Waals surface area (Å²) in [6.45, 7) is 1.65. The van der Waals surface area contributed by atoms with Gasteiger partial charge in [0, 0.05) is 42.6 Å². The Kier molecular flexibility index (Phi) is 5.77. The molecule has 0 amide bonds. The van der Waals surface area contributed by atoms with Gasteiger partial charge in [-0.25, -0.2) is 9.97 Å². The van der Waals surface area contributed by atoms with E-state index in [1.165, 1.54) is 11.3 Å². The minimum Gasteiger partial charge on any atom is -0.341 e. The van der Waals surface area contributed by atoms with Gasteiger partial charge in [-0.1, -0.05) is 12.1 Å². The van der Waals surface area contributed by atoms with Crippen LogP contribution in [-0.4, -0.2) is 34.1 Å². The molecule has 29 heavy (non-hydrogen) atoms. The fourth-order valence-corrected chi connectivity index (χ4v) is 4.22. The summed E-state index contributed by atoms with van der Waals surface area (Å²) in [5, 5.41) is 3.63. The molecule has 1 N–H and O–H groups in total. The molecule has 1 atom stereocenters. The maximum atomic E-state index is 12.9. The second kappa shape index (κ2) is 8.46. The molecule has 1 aromatic carbocycles. The van der Waals surface area contributed by atoms with Crippen LogP contribution in [0.5, 0.6) is 0 Å². The average Bonchev–Trinajstić information content (AvgIpc) is 3.27. The van der Waals surface area contributed by atoms with Crippen LogP contribution in [0.1, 0.15) is 34.9 Å². The van der Waals surface area contributed by atoms with Gasteiger partial charge < -0.3 is 10.2 Å². The van der Waals surface area contributed by atoms with Crippen LogP contribution in [0.3, 0.4) is 0 Å². The van der Waals surface area contributed by atoms with Crippen LogP contribution in [0.2, 0.25) is 0 Å². The summed E-state index contributed by atoms with van der Waals surface area (Å²) in [4.78, 5) is 15.9. The molecule has 0 spiro atoms. The molecular weight excluding hydrogens is 399 g/mol. The van der Waals surface area contributed by atoms with Crippen molar-refractivity contribution in [1.29, 1.82) is 0 Å². The lowest BCUT2D eigenvalue weighted by molar-refractivity contribution is -0.137. The topological polar surface area (TPSA) is 53.9 Å². The van der Waals surface area contributed by atoms with E-state index in [2.05, 4.69) is 25.2 Å².